The van der Waals surface area contributed by atoms with E-state index in [0.29, 0.717) is 35.2 Å². The van der Waals surface area contributed by atoms with Gasteiger partial charge in [-0.1, -0.05) is 23.7 Å². The Balaban J connectivity index is 1.10. The van der Waals surface area contributed by atoms with Gasteiger partial charge in [0.05, 0.1) is 0 Å². The number of imide groups is 1. The lowest BCUT2D eigenvalue weighted by molar-refractivity contribution is -0.136. The summed E-state index contributed by atoms with van der Waals surface area (Å²) in [4.78, 5) is 51.0. The first-order chi connectivity index (χ1) is 18.1. The van der Waals surface area contributed by atoms with E-state index in [4.69, 9.17) is 17.3 Å². The number of rotatable bonds is 5. The zero-order valence-corrected chi connectivity index (χ0v) is 21.9. The van der Waals surface area contributed by atoms with E-state index in [0.717, 1.165) is 36.0 Å². The lowest BCUT2D eigenvalue weighted by atomic mass is 9.88. The number of urea groups is 1. The quantitative estimate of drug-likeness (QED) is 0.436. The van der Waals surface area contributed by atoms with Crippen molar-refractivity contribution in [1.29, 1.82) is 0 Å². The van der Waals surface area contributed by atoms with Crippen LogP contribution in [0.5, 0.6) is 0 Å². The predicted molar refractivity (Wildman–Crippen MR) is 142 cm³/mol. The molecule has 4 aliphatic rings. The molecule has 1 saturated heterocycles. The van der Waals surface area contributed by atoms with Gasteiger partial charge in [-0.2, -0.15) is 0 Å². The minimum atomic E-state index is -0.656. The Bertz CT molecular complexity index is 1390. The van der Waals surface area contributed by atoms with E-state index in [1.807, 2.05) is 25.1 Å². The highest BCUT2D eigenvalue weighted by Gasteiger charge is 2.60. The number of halogens is 1. The largest absolute Gasteiger partial charge is 0.334 e. The third-order valence-electron chi connectivity index (χ3n) is 8.63. The van der Waals surface area contributed by atoms with Crippen molar-refractivity contribution in [2.45, 2.75) is 69.6 Å². The Hall–Kier alpha value is -3.43. The second-order valence-electron chi connectivity index (χ2n) is 11.1. The van der Waals surface area contributed by atoms with E-state index in [9.17, 15) is 19.2 Å². The van der Waals surface area contributed by atoms with Gasteiger partial charge in [0.2, 0.25) is 11.8 Å². The molecular formula is C28H30ClN5O4. The summed E-state index contributed by atoms with van der Waals surface area (Å²) in [6.45, 7) is 2.56. The number of nitrogens with zero attached hydrogens (tertiary/aromatic N) is 1. The number of piperidine rings is 1. The van der Waals surface area contributed by atoms with E-state index in [-0.39, 0.29) is 42.3 Å². The summed E-state index contributed by atoms with van der Waals surface area (Å²) in [6.07, 6.45) is 3.62. The number of anilines is 1. The third kappa shape index (κ3) is 4.23. The maximum absolute atomic E-state index is 13.0. The Morgan fingerprint density at radius 3 is 2.76 bits per heavy atom. The highest BCUT2D eigenvalue weighted by atomic mass is 35.5. The molecule has 2 saturated carbocycles. The number of hydrogen-bond acceptors (Lipinski definition) is 5. The van der Waals surface area contributed by atoms with Crippen LogP contribution in [0.25, 0.3) is 0 Å². The van der Waals surface area contributed by atoms with Gasteiger partial charge in [0, 0.05) is 47.2 Å². The van der Waals surface area contributed by atoms with Crippen molar-refractivity contribution in [2.75, 3.05) is 5.32 Å². The van der Waals surface area contributed by atoms with Crippen molar-refractivity contribution < 1.29 is 19.2 Å². The average molecular weight is 536 g/mol. The SMILES string of the molecule is Cc1c(Cl)cc(NC(=O)NCc2ccc3c(c2)C(=O)N(C2CCC(=O)NC2=O)C3)cc1C12CC(N)CC1C2. The number of nitrogens with one attached hydrogen (secondary N) is 3. The Kier molecular flexibility index (Phi) is 5.96. The van der Waals surface area contributed by atoms with Crippen LogP contribution in [0.2, 0.25) is 5.02 Å². The highest BCUT2D eigenvalue weighted by molar-refractivity contribution is 6.31. The second-order valence-corrected chi connectivity index (χ2v) is 11.5. The van der Waals surface area contributed by atoms with E-state index in [2.05, 4.69) is 16.0 Å². The zero-order chi connectivity index (χ0) is 26.8. The number of carbonyl (C=O) groups is 4. The molecule has 0 aromatic heterocycles. The van der Waals surface area contributed by atoms with Crippen molar-refractivity contribution in [1.82, 2.24) is 15.5 Å². The molecule has 6 rings (SSSR count). The molecule has 3 fully saturated rings. The third-order valence-corrected chi connectivity index (χ3v) is 9.02. The first kappa shape index (κ1) is 24.9. The summed E-state index contributed by atoms with van der Waals surface area (Å²) >= 11 is 6.54. The van der Waals surface area contributed by atoms with Crippen LogP contribution in [0.3, 0.4) is 0 Å². The van der Waals surface area contributed by atoms with Crippen LogP contribution in [-0.2, 0) is 28.1 Å². The molecule has 5 N–H and O–H groups in total. The van der Waals surface area contributed by atoms with Crippen LogP contribution in [0.4, 0.5) is 10.5 Å². The van der Waals surface area contributed by atoms with Crippen LogP contribution in [0, 0.1) is 12.8 Å². The number of fused-ring (bicyclic) bond motifs is 2. The molecule has 2 aliphatic carbocycles. The van der Waals surface area contributed by atoms with E-state index < -0.39 is 11.9 Å². The summed E-state index contributed by atoms with van der Waals surface area (Å²) in [6, 6.07) is 8.42. The molecule has 2 heterocycles. The van der Waals surface area contributed by atoms with E-state index >= 15 is 0 Å². The molecule has 38 heavy (non-hydrogen) atoms. The van der Waals surface area contributed by atoms with Gasteiger partial charge < -0.3 is 21.3 Å². The molecule has 2 aliphatic heterocycles. The van der Waals surface area contributed by atoms with Crippen molar-refractivity contribution in [3.8, 4) is 0 Å². The van der Waals surface area contributed by atoms with Crippen LogP contribution in [0.1, 0.15) is 64.7 Å². The van der Waals surface area contributed by atoms with Crippen LogP contribution < -0.4 is 21.7 Å². The van der Waals surface area contributed by atoms with Gasteiger partial charge in [0.15, 0.2) is 0 Å². The standard InChI is InChI=1S/C28H30ClN5O4/c1-14-21(28-10-17(28)7-18(30)11-28)8-19(9-22(14)29)32-27(38)31-12-15-2-3-16-13-34(26(37)20(16)6-15)23-4-5-24(35)33-25(23)36/h2-3,6,8-9,17-18,23H,4-5,7,10-13,30H2,1H3,(H2,31,32,38)(H,33,35,36). The lowest BCUT2D eigenvalue weighted by Gasteiger charge is -2.29. The van der Waals surface area contributed by atoms with E-state index in [1.165, 1.54) is 10.5 Å². The smallest absolute Gasteiger partial charge is 0.319 e. The summed E-state index contributed by atoms with van der Waals surface area (Å²) in [5, 5.41) is 8.68. The number of benzene rings is 2. The molecule has 0 bridgehead atoms. The molecule has 2 aromatic carbocycles. The number of hydrogen-bond donors (Lipinski definition) is 4. The summed E-state index contributed by atoms with van der Waals surface area (Å²) in [5.41, 5.74) is 11.2. The Morgan fingerprint density at radius 2 is 2.03 bits per heavy atom. The van der Waals surface area contributed by atoms with Crippen molar-refractivity contribution in [2.24, 2.45) is 11.7 Å². The van der Waals surface area contributed by atoms with Gasteiger partial charge in [-0.15, -0.1) is 0 Å². The summed E-state index contributed by atoms with van der Waals surface area (Å²) in [5.74, 6) is -0.407. The van der Waals surface area contributed by atoms with Gasteiger partial charge in [0.25, 0.3) is 5.91 Å². The minimum absolute atomic E-state index is 0.0833. The maximum atomic E-state index is 13.0. The number of carbonyl (C=O) groups excluding carboxylic acids is 4. The fourth-order valence-corrected chi connectivity index (χ4v) is 6.85. The highest BCUT2D eigenvalue weighted by Crippen LogP contribution is 2.65. The van der Waals surface area contributed by atoms with Crippen molar-refractivity contribution in [3.63, 3.8) is 0 Å². The normalized spacial score (nSPS) is 27.6. The topological polar surface area (TPSA) is 134 Å². The average Bonchev–Trinajstić information content (AvgIpc) is 3.29. The van der Waals surface area contributed by atoms with Gasteiger partial charge in [-0.05, 0) is 79.0 Å². The van der Waals surface area contributed by atoms with Gasteiger partial charge in [0.1, 0.15) is 6.04 Å². The molecule has 0 radical (unpaired) electrons. The fraction of sp³-hybridized carbons (Fsp3) is 0.429. The van der Waals surface area contributed by atoms with Crippen LogP contribution in [-0.4, -0.2) is 40.7 Å². The number of amides is 5. The molecule has 5 amide bonds. The molecule has 0 spiro atoms. The summed E-state index contributed by atoms with van der Waals surface area (Å²) in [7, 11) is 0. The number of nitrogens with two attached hydrogens (primary N) is 1. The fourth-order valence-electron chi connectivity index (χ4n) is 6.63. The first-order valence-electron chi connectivity index (χ1n) is 13.0. The maximum Gasteiger partial charge on any atom is 0.319 e. The van der Waals surface area contributed by atoms with E-state index in [1.54, 1.807) is 12.1 Å². The Morgan fingerprint density at radius 1 is 1.21 bits per heavy atom. The first-order valence-corrected chi connectivity index (χ1v) is 13.4. The molecule has 198 valence electrons. The second kappa shape index (κ2) is 9.10. The minimum Gasteiger partial charge on any atom is -0.334 e. The zero-order valence-electron chi connectivity index (χ0n) is 21.1. The lowest BCUT2D eigenvalue weighted by Crippen LogP contribution is -2.52. The van der Waals surface area contributed by atoms with Gasteiger partial charge in [-0.25, -0.2) is 4.79 Å². The van der Waals surface area contributed by atoms with Crippen LogP contribution >= 0.6 is 11.6 Å². The molecule has 2 aromatic rings. The molecule has 9 nitrogen and oxygen atoms in total. The molecule has 4 unspecified atom stereocenters. The van der Waals surface area contributed by atoms with Gasteiger partial charge >= 0.3 is 6.03 Å². The van der Waals surface area contributed by atoms with Gasteiger partial charge in [-0.3, -0.25) is 19.7 Å². The summed E-state index contributed by atoms with van der Waals surface area (Å²) < 4.78 is 0. The molecule has 4 atom stereocenters. The Labute approximate surface area is 225 Å². The monoisotopic (exact) mass is 535 g/mol. The van der Waals surface area contributed by atoms with Crippen molar-refractivity contribution in [3.05, 3.63) is 63.2 Å². The van der Waals surface area contributed by atoms with Crippen molar-refractivity contribution >= 4 is 41.0 Å². The molecular weight excluding hydrogens is 506 g/mol. The molecule has 10 heteroatoms. The predicted octanol–water partition coefficient (Wildman–Crippen LogP) is 3.11. The van der Waals surface area contributed by atoms with Crippen LogP contribution in [0.15, 0.2) is 30.3 Å².